The second-order valence-electron chi connectivity index (χ2n) is 3.94. The van der Waals surface area contributed by atoms with Crippen LogP contribution >= 0.6 is 0 Å². The van der Waals surface area contributed by atoms with Crippen molar-refractivity contribution in [2.24, 2.45) is 0 Å². The maximum Gasteiger partial charge on any atom is 0.122 e. The lowest BCUT2D eigenvalue weighted by Gasteiger charge is -2.08. The molecule has 0 bridgehead atoms. The van der Waals surface area contributed by atoms with E-state index in [-0.39, 0.29) is 0 Å². The topological polar surface area (TPSA) is 34.2 Å². The summed E-state index contributed by atoms with van der Waals surface area (Å²) in [7, 11) is 3.34. The molecule has 0 saturated carbocycles. The van der Waals surface area contributed by atoms with Gasteiger partial charge in [0.1, 0.15) is 11.5 Å². The van der Waals surface area contributed by atoms with Gasteiger partial charge in [0.2, 0.25) is 0 Å². The van der Waals surface area contributed by atoms with Crippen LogP contribution in [0.25, 0.3) is 0 Å². The Morgan fingerprint density at radius 1 is 0.941 bits per heavy atom. The number of ether oxygens (including phenoxy) is 2. The van der Waals surface area contributed by atoms with Gasteiger partial charge in [0.15, 0.2) is 0 Å². The molecule has 17 heavy (non-hydrogen) atoms. The third-order valence-corrected chi connectivity index (χ3v) is 2.78. The van der Waals surface area contributed by atoms with Crippen LogP contribution in [-0.4, -0.2) is 19.2 Å². The minimum Gasteiger partial charge on any atom is -0.497 e. The highest BCUT2D eigenvalue weighted by atomic mass is 16.5. The summed E-state index contributed by atoms with van der Waals surface area (Å²) in [5.41, 5.74) is 2.54. The first kappa shape index (κ1) is 11.6. The van der Waals surface area contributed by atoms with Crippen LogP contribution in [0.3, 0.4) is 0 Å². The van der Waals surface area contributed by atoms with Gasteiger partial charge in [-0.25, -0.2) is 0 Å². The lowest BCUT2D eigenvalue weighted by atomic mass is 10.1. The van der Waals surface area contributed by atoms with Crippen LogP contribution in [0.5, 0.6) is 11.5 Å². The predicted molar refractivity (Wildman–Crippen MR) is 67.7 cm³/mol. The highest BCUT2D eigenvalue weighted by Gasteiger charge is 2.02. The molecule has 2 aromatic rings. The number of hydrogen-bond acceptors (Lipinski definition) is 2. The van der Waals surface area contributed by atoms with Gasteiger partial charge in [-0.3, -0.25) is 0 Å². The summed E-state index contributed by atoms with van der Waals surface area (Å²) in [5, 5.41) is 0. The van der Waals surface area contributed by atoms with E-state index in [4.69, 9.17) is 9.47 Å². The molecule has 0 amide bonds. The minimum absolute atomic E-state index is 0.841. The molecule has 0 spiro atoms. The second kappa shape index (κ2) is 5.43. The van der Waals surface area contributed by atoms with E-state index in [0.29, 0.717) is 0 Å². The van der Waals surface area contributed by atoms with Crippen LogP contribution in [0.4, 0.5) is 0 Å². The smallest absolute Gasteiger partial charge is 0.122 e. The van der Waals surface area contributed by atoms with Gasteiger partial charge in [0, 0.05) is 18.5 Å². The van der Waals surface area contributed by atoms with E-state index in [9.17, 15) is 0 Å². The molecular formula is C14H17NO2. The Bertz CT molecular complexity index is 441. The van der Waals surface area contributed by atoms with Gasteiger partial charge in [0.05, 0.1) is 14.2 Å². The van der Waals surface area contributed by atoms with Gasteiger partial charge in [-0.15, -0.1) is 0 Å². The third kappa shape index (κ3) is 3.03. The van der Waals surface area contributed by atoms with Crippen LogP contribution in [0.15, 0.2) is 36.7 Å². The first-order valence-electron chi connectivity index (χ1n) is 5.65. The van der Waals surface area contributed by atoms with Crippen molar-refractivity contribution in [1.29, 1.82) is 0 Å². The molecule has 3 nitrogen and oxygen atoms in total. The number of rotatable bonds is 5. The normalized spacial score (nSPS) is 10.2. The Morgan fingerprint density at radius 3 is 2.12 bits per heavy atom. The summed E-state index contributed by atoms with van der Waals surface area (Å²) in [6.07, 6.45) is 5.96. The number of hydrogen-bond donors (Lipinski definition) is 1. The number of benzene rings is 1. The molecule has 3 heteroatoms. The molecule has 0 aliphatic rings. The highest BCUT2D eigenvalue weighted by Crippen LogP contribution is 2.23. The molecule has 0 atom stereocenters. The Hall–Kier alpha value is -1.90. The maximum absolute atomic E-state index is 5.25. The fraction of sp³-hybridized carbons (Fsp3) is 0.286. The summed E-state index contributed by atoms with van der Waals surface area (Å²) in [6, 6.07) is 8.08. The van der Waals surface area contributed by atoms with E-state index in [2.05, 4.69) is 23.2 Å². The Kier molecular flexibility index (Phi) is 3.70. The first-order valence-corrected chi connectivity index (χ1v) is 5.65. The quantitative estimate of drug-likeness (QED) is 0.858. The molecule has 0 saturated heterocycles. The Balaban J connectivity index is 2.09. The van der Waals surface area contributed by atoms with Gasteiger partial charge < -0.3 is 14.5 Å². The lowest BCUT2D eigenvalue weighted by molar-refractivity contribution is 0.393. The summed E-state index contributed by atoms with van der Waals surface area (Å²) < 4.78 is 10.5. The Labute approximate surface area is 101 Å². The number of aromatic nitrogens is 1. The molecule has 0 fully saturated rings. The lowest BCUT2D eigenvalue weighted by Crippen LogP contribution is -1.93. The van der Waals surface area contributed by atoms with Crippen molar-refractivity contribution in [3.05, 3.63) is 47.8 Å². The maximum atomic E-state index is 5.25. The van der Waals surface area contributed by atoms with E-state index in [1.807, 2.05) is 18.5 Å². The first-order chi connectivity index (χ1) is 8.31. The standard InChI is InChI=1S/C14H17NO2/c1-16-13-7-12(8-14(9-13)17-2)4-3-11-5-6-15-10-11/h5-10,15H,3-4H2,1-2H3. The van der Waals surface area contributed by atoms with Crippen LogP contribution in [0.1, 0.15) is 11.1 Å². The van der Waals surface area contributed by atoms with Crippen LogP contribution < -0.4 is 9.47 Å². The highest BCUT2D eigenvalue weighted by molar-refractivity contribution is 5.38. The fourth-order valence-corrected chi connectivity index (χ4v) is 1.81. The van der Waals surface area contributed by atoms with E-state index < -0.39 is 0 Å². The van der Waals surface area contributed by atoms with Crippen molar-refractivity contribution >= 4 is 0 Å². The zero-order valence-electron chi connectivity index (χ0n) is 10.2. The molecule has 0 aliphatic heterocycles. The average Bonchev–Trinajstić information content (AvgIpc) is 2.89. The summed E-state index contributed by atoms with van der Waals surface area (Å²) >= 11 is 0. The number of aryl methyl sites for hydroxylation is 2. The molecular weight excluding hydrogens is 214 g/mol. The fourth-order valence-electron chi connectivity index (χ4n) is 1.81. The third-order valence-electron chi connectivity index (χ3n) is 2.78. The Morgan fingerprint density at radius 2 is 1.59 bits per heavy atom. The largest absolute Gasteiger partial charge is 0.497 e. The van der Waals surface area contributed by atoms with E-state index in [0.717, 1.165) is 24.3 Å². The molecule has 90 valence electrons. The van der Waals surface area contributed by atoms with Crippen LogP contribution in [0.2, 0.25) is 0 Å². The average molecular weight is 231 g/mol. The summed E-state index contributed by atoms with van der Waals surface area (Å²) in [5.74, 6) is 1.68. The van der Waals surface area contributed by atoms with E-state index in [1.165, 1.54) is 11.1 Å². The minimum atomic E-state index is 0.841. The van der Waals surface area contributed by atoms with Gasteiger partial charge >= 0.3 is 0 Å². The zero-order valence-corrected chi connectivity index (χ0v) is 10.2. The van der Waals surface area contributed by atoms with Crippen molar-refractivity contribution in [3.8, 4) is 11.5 Å². The summed E-state index contributed by atoms with van der Waals surface area (Å²) in [4.78, 5) is 3.06. The second-order valence-corrected chi connectivity index (χ2v) is 3.94. The van der Waals surface area contributed by atoms with Gasteiger partial charge in [0.25, 0.3) is 0 Å². The summed E-state index contributed by atoms with van der Waals surface area (Å²) in [6.45, 7) is 0. The van der Waals surface area contributed by atoms with Crippen LogP contribution in [-0.2, 0) is 12.8 Å². The molecule has 1 aromatic heterocycles. The molecule has 2 rings (SSSR count). The molecule has 0 aliphatic carbocycles. The number of H-pyrrole nitrogens is 1. The van der Waals surface area contributed by atoms with E-state index >= 15 is 0 Å². The molecule has 1 N–H and O–H groups in total. The SMILES string of the molecule is COc1cc(CCc2cc[nH]c2)cc(OC)c1. The molecule has 0 unspecified atom stereocenters. The van der Waals surface area contributed by atoms with Gasteiger partial charge in [-0.05, 0) is 42.2 Å². The molecule has 0 radical (unpaired) electrons. The predicted octanol–water partition coefficient (Wildman–Crippen LogP) is 2.82. The monoisotopic (exact) mass is 231 g/mol. The van der Waals surface area contributed by atoms with Crippen LogP contribution in [0, 0.1) is 0 Å². The zero-order chi connectivity index (χ0) is 12.1. The van der Waals surface area contributed by atoms with Crippen molar-refractivity contribution in [2.75, 3.05) is 14.2 Å². The van der Waals surface area contributed by atoms with Crippen molar-refractivity contribution < 1.29 is 9.47 Å². The van der Waals surface area contributed by atoms with Crippen molar-refractivity contribution in [2.45, 2.75) is 12.8 Å². The number of methoxy groups -OCH3 is 2. The molecule has 1 heterocycles. The van der Waals surface area contributed by atoms with Gasteiger partial charge in [-0.1, -0.05) is 0 Å². The van der Waals surface area contributed by atoms with E-state index in [1.54, 1.807) is 14.2 Å². The van der Waals surface area contributed by atoms with Gasteiger partial charge in [-0.2, -0.15) is 0 Å². The van der Waals surface area contributed by atoms with Crippen molar-refractivity contribution in [1.82, 2.24) is 4.98 Å². The number of nitrogens with one attached hydrogen (secondary N) is 1. The molecule has 1 aromatic carbocycles. The number of aromatic amines is 1. The van der Waals surface area contributed by atoms with Crippen molar-refractivity contribution in [3.63, 3.8) is 0 Å².